The molecular weight excluding hydrogens is 232 g/mol. The zero-order valence-corrected chi connectivity index (χ0v) is 10.3. The Balaban J connectivity index is 2.17. The van der Waals surface area contributed by atoms with Gasteiger partial charge in [-0.1, -0.05) is 6.92 Å². The van der Waals surface area contributed by atoms with Gasteiger partial charge in [-0.2, -0.15) is 0 Å². The number of nitrogen functional groups attached to an aromatic ring is 1. The monoisotopic (exact) mass is 250 g/mol. The first-order valence-electron chi connectivity index (χ1n) is 5.98. The lowest BCUT2D eigenvalue weighted by atomic mass is 9.98. The normalized spacial score (nSPS) is 23.6. The highest BCUT2D eigenvalue weighted by Crippen LogP contribution is 2.22. The summed E-state index contributed by atoms with van der Waals surface area (Å²) in [6.07, 6.45) is 0.892. The van der Waals surface area contributed by atoms with Crippen LogP contribution >= 0.6 is 0 Å². The second kappa shape index (κ2) is 5.22. The second-order valence-electron chi connectivity index (χ2n) is 4.59. The van der Waals surface area contributed by atoms with Crippen LogP contribution in [0.1, 0.15) is 23.8 Å². The third-order valence-corrected chi connectivity index (χ3v) is 3.14. The SMILES string of the molecule is CC1COCCC1Nc1nc(C(N)=O)ccc1N. The summed E-state index contributed by atoms with van der Waals surface area (Å²) in [6, 6.07) is 3.41. The van der Waals surface area contributed by atoms with Crippen molar-refractivity contribution in [2.24, 2.45) is 11.7 Å². The zero-order chi connectivity index (χ0) is 13.1. The van der Waals surface area contributed by atoms with Crippen molar-refractivity contribution in [3.63, 3.8) is 0 Å². The molecule has 1 aromatic rings. The fraction of sp³-hybridized carbons (Fsp3) is 0.500. The predicted molar refractivity (Wildman–Crippen MR) is 69.2 cm³/mol. The number of ether oxygens (including phenoxy) is 1. The summed E-state index contributed by atoms with van der Waals surface area (Å²) < 4.78 is 5.38. The summed E-state index contributed by atoms with van der Waals surface area (Å²) in [6.45, 7) is 3.54. The van der Waals surface area contributed by atoms with E-state index < -0.39 is 5.91 Å². The molecule has 18 heavy (non-hydrogen) atoms. The van der Waals surface area contributed by atoms with Gasteiger partial charge in [0.2, 0.25) is 0 Å². The Hall–Kier alpha value is -1.82. The summed E-state index contributed by atoms with van der Waals surface area (Å²) in [4.78, 5) is 15.2. The minimum absolute atomic E-state index is 0.214. The van der Waals surface area contributed by atoms with Crippen molar-refractivity contribution in [2.75, 3.05) is 24.3 Å². The van der Waals surface area contributed by atoms with E-state index in [-0.39, 0.29) is 11.7 Å². The maximum atomic E-state index is 11.1. The number of amides is 1. The van der Waals surface area contributed by atoms with Gasteiger partial charge in [0, 0.05) is 12.6 Å². The van der Waals surface area contributed by atoms with Crippen LogP contribution in [0, 0.1) is 5.92 Å². The van der Waals surface area contributed by atoms with Gasteiger partial charge in [0.25, 0.3) is 5.91 Å². The van der Waals surface area contributed by atoms with Crippen LogP contribution < -0.4 is 16.8 Å². The van der Waals surface area contributed by atoms with E-state index in [0.717, 1.165) is 13.0 Å². The van der Waals surface area contributed by atoms with Crippen LogP contribution in [0.2, 0.25) is 0 Å². The van der Waals surface area contributed by atoms with Crippen LogP contribution in [0.15, 0.2) is 12.1 Å². The average Bonchev–Trinajstić information content (AvgIpc) is 2.34. The first-order valence-corrected chi connectivity index (χ1v) is 5.98. The first-order chi connectivity index (χ1) is 8.58. The first kappa shape index (κ1) is 12.6. The Morgan fingerprint density at radius 3 is 3.00 bits per heavy atom. The van der Waals surface area contributed by atoms with Crippen molar-refractivity contribution in [1.82, 2.24) is 4.98 Å². The van der Waals surface area contributed by atoms with E-state index in [1.807, 2.05) is 0 Å². The van der Waals surface area contributed by atoms with Crippen LogP contribution in [0.4, 0.5) is 11.5 Å². The average molecular weight is 250 g/mol. The van der Waals surface area contributed by atoms with Crippen LogP contribution in [-0.2, 0) is 4.74 Å². The van der Waals surface area contributed by atoms with Crippen molar-refractivity contribution >= 4 is 17.4 Å². The van der Waals surface area contributed by atoms with Gasteiger partial charge in [-0.05, 0) is 24.5 Å². The molecule has 0 spiro atoms. The Labute approximate surface area is 106 Å². The quantitative estimate of drug-likeness (QED) is 0.728. The zero-order valence-electron chi connectivity index (χ0n) is 10.3. The van der Waals surface area contributed by atoms with Crippen LogP contribution in [-0.4, -0.2) is 30.1 Å². The third-order valence-electron chi connectivity index (χ3n) is 3.14. The number of nitrogens with one attached hydrogen (secondary N) is 1. The van der Waals surface area contributed by atoms with Crippen LogP contribution in [0.5, 0.6) is 0 Å². The van der Waals surface area contributed by atoms with Gasteiger partial charge in [-0.25, -0.2) is 4.98 Å². The minimum atomic E-state index is -0.557. The minimum Gasteiger partial charge on any atom is -0.396 e. The van der Waals surface area contributed by atoms with Gasteiger partial charge in [0.05, 0.1) is 12.3 Å². The molecule has 1 aliphatic rings. The molecule has 0 aliphatic carbocycles. The Morgan fingerprint density at radius 2 is 2.33 bits per heavy atom. The fourth-order valence-electron chi connectivity index (χ4n) is 1.99. The largest absolute Gasteiger partial charge is 0.396 e. The van der Waals surface area contributed by atoms with E-state index in [4.69, 9.17) is 16.2 Å². The number of rotatable bonds is 3. The second-order valence-corrected chi connectivity index (χ2v) is 4.59. The summed E-state index contributed by atoms with van der Waals surface area (Å²) in [5.74, 6) is 0.334. The van der Waals surface area contributed by atoms with Crippen molar-refractivity contribution in [1.29, 1.82) is 0 Å². The maximum absolute atomic E-state index is 11.1. The number of nitrogens with two attached hydrogens (primary N) is 2. The number of primary amides is 1. The third kappa shape index (κ3) is 2.70. The van der Waals surface area contributed by atoms with Crippen LogP contribution in [0.25, 0.3) is 0 Å². The van der Waals surface area contributed by atoms with E-state index in [2.05, 4.69) is 17.2 Å². The Bertz CT molecular complexity index is 450. The highest BCUT2D eigenvalue weighted by molar-refractivity contribution is 5.91. The number of carbonyl (C=O) groups is 1. The van der Waals surface area contributed by atoms with Gasteiger partial charge in [-0.15, -0.1) is 0 Å². The number of hydrogen-bond acceptors (Lipinski definition) is 5. The van der Waals surface area contributed by atoms with Crippen molar-refractivity contribution in [2.45, 2.75) is 19.4 Å². The summed E-state index contributed by atoms with van der Waals surface area (Å²) in [7, 11) is 0. The van der Waals surface area contributed by atoms with Gasteiger partial charge < -0.3 is 21.5 Å². The summed E-state index contributed by atoms with van der Waals surface area (Å²) >= 11 is 0. The number of nitrogens with zero attached hydrogens (tertiary/aromatic N) is 1. The van der Waals surface area contributed by atoms with E-state index in [9.17, 15) is 4.79 Å². The van der Waals surface area contributed by atoms with Gasteiger partial charge in [0.1, 0.15) is 11.5 Å². The molecule has 1 aliphatic heterocycles. The number of hydrogen-bond donors (Lipinski definition) is 3. The summed E-state index contributed by atoms with van der Waals surface area (Å²) in [5, 5.41) is 3.27. The van der Waals surface area contributed by atoms with E-state index in [0.29, 0.717) is 24.0 Å². The number of pyridine rings is 1. The molecule has 2 rings (SSSR count). The number of anilines is 2. The molecule has 0 bridgehead atoms. The Morgan fingerprint density at radius 1 is 1.56 bits per heavy atom. The van der Waals surface area contributed by atoms with E-state index in [1.54, 1.807) is 6.07 Å². The number of aromatic nitrogens is 1. The maximum Gasteiger partial charge on any atom is 0.267 e. The lowest BCUT2D eigenvalue weighted by molar-refractivity contribution is 0.0537. The molecule has 2 heterocycles. The van der Waals surface area contributed by atoms with Crippen molar-refractivity contribution in [3.05, 3.63) is 17.8 Å². The summed E-state index contributed by atoms with van der Waals surface area (Å²) in [5.41, 5.74) is 11.8. The lowest BCUT2D eigenvalue weighted by Gasteiger charge is -2.30. The Kier molecular flexibility index (Phi) is 3.66. The van der Waals surface area contributed by atoms with Crippen LogP contribution in [0.3, 0.4) is 0 Å². The van der Waals surface area contributed by atoms with Crippen molar-refractivity contribution in [3.8, 4) is 0 Å². The standard InChI is InChI=1S/C12H18N4O2/c1-7-6-18-5-4-9(7)15-12-8(13)2-3-10(16-12)11(14)17/h2-3,7,9H,4-6,13H2,1H3,(H2,14,17)(H,15,16). The molecule has 0 saturated carbocycles. The highest BCUT2D eigenvalue weighted by Gasteiger charge is 2.22. The molecule has 1 saturated heterocycles. The van der Waals surface area contributed by atoms with Gasteiger partial charge >= 0.3 is 0 Å². The smallest absolute Gasteiger partial charge is 0.267 e. The molecule has 1 aromatic heterocycles. The van der Waals surface area contributed by atoms with Crippen molar-refractivity contribution < 1.29 is 9.53 Å². The molecule has 2 unspecified atom stereocenters. The molecule has 1 fully saturated rings. The molecule has 6 nitrogen and oxygen atoms in total. The lowest BCUT2D eigenvalue weighted by Crippen LogP contribution is -2.36. The van der Waals surface area contributed by atoms with Gasteiger partial charge in [0.15, 0.2) is 0 Å². The predicted octanol–water partition coefficient (Wildman–Crippen LogP) is 0.600. The topological polar surface area (TPSA) is 103 Å². The van der Waals surface area contributed by atoms with E-state index in [1.165, 1.54) is 6.07 Å². The fourth-order valence-corrected chi connectivity index (χ4v) is 1.99. The van der Waals surface area contributed by atoms with Gasteiger partial charge in [-0.3, -0.25) is 4.79 Å². The molecule has 0 aromatic carbocycles. The molecular formula is C12H18N4O2. The highest BCUT2D eigenvalue weighted by atomic mass is 16.5. The molecule has 0 radical (unpaired) electrons. The van der Waals surface area contributed by atoms with E-state index >= 15 is 0 Å². The molecule has 98 valence electrons. The molecule has 6 heteroatoms. The number of carbonyl (C=O) groups excluding carboxylic acids is 1. The molecule has 1 amide bonds. The molecule has 2 atom stereocenters. The molecule has 5 N–H and O–H groups in total.